The van der Waals surface area contributed by atoms with Gasteiger partial charge in [0, 0.05) is 6.42 Å². The molecule has 0 saturated carbocycles. The number of carbonyl (C=O) groups is 1. The lowest BCUT2D eigenvalue weighted by Crippen LogP contribution is -2.32. The van der Waals surface area contributed by atoms with Crippen molar-refractivity contribution in [2.24, 2.45) is 0 Å². The molecule has 32 heavy (non-hydrogen) atoms. The summed E-state index contributed by atoms with van der Waals surface area (Å²) in [5, 5.41) is 11.6. The third-order valence-electron chi connectivity index (χ3n) is 5.14. The van der Waals surface area contributed by atoms with Crippen molar-refractivity contribution < 1.29 is 9.53 Å². The number of ether oxygens (including phenoxy) is 1. The van der Waals surface area contributed by atoms with E-state index in [0.717, 1.165) is 16.9 Å². The maximum absolute atomic E-state index is 12.8. The summed E-state index contributed by atoms with van der Waals surface area (Å²) in [6.45, 7) is 2.68. The number of aryl methyl sites for hydroxylation is 1. The van der Waals surface area contributed by atoms with E-state index in [4.69, 9.17) is 4.74 Å². The van der Waals surface area contributed by atoms with Crippen molar-refractivity contribution in [1.29, 1.82) is 0 Å². The lowest BCUT2D eigenvalue weighted by atomic mass is 9.98. The van der Waals surface area contributed by atoms with Crippen LogP contribution in [0, 0.1) is 0 Å². The molecule has 0 unspecified atom stereocenters. The van der Waals surface area contributed by atoms with Gasteiger partial charge in [0.15, 0.2) is 0 Å². The Morgan fingerprint density at radius 1 is 0.969 bits per heavy atom. The Morgan fingerprint density at radius 3 is 2.41 bits per heavy atom. The van der Waals surface area contributed by atoms with E-state index in [9.17, 15) is 9.59 Å². The molecule has 0 fully saturated rings. The quantitative estimate of drug-likeness (QED) is 0.464. The molecule has 0 aliphatic carbocycles. The fourth-order valence-electron chi connectivity index (χ4n) is 3.54. The van der Waals surface area contributed by atoms with Gasteiger partial charge in [-0.15, -0.1) is 5.10 Å². The number of aromatic nitrogens is 3. The van der Waals surface area contributed by atoms with Gasteiger partial charge in [0.05, 0.1) is 24.6 Å². The van der Waals surface area contributed by atoms with Crippen molar-refractivity contribution in [2.75, 3.05) is 6.61 Å². The van der Waals surface area contributed by atoms with Crippen molar-refractivity contribution in [3.05, 3.63) is 100 Å². The molecule has 162 valence electrons. The van der Waals surface area contributed by atoms with Crippen LogP contribution in [0.3, 0.4) is 0 Å². The molecule has 0 aliphatic rings. The SMILES string of the molecule is CCOc1ccc([C@H](NC(=O)CCn2nnc3ccccc3c2=O)c2ccccc2)cc1. The Balaban J connectivity index is 1.50. The van der Waals surface area contributed by atoms with Crippen molar-refractivity contribution in [3.63, 3.8) is 0 Å². The molecule has 0 radical (unpaired) electrons. The van der Waals surface area contributed by atoms with E-state index in [1.165, 1.54) is 4.68 Å². The highest BCUT2D eigenvalue weighted by Crippen LogP contribution is 2.24. The maximum atomic E-state index is 12.8. The molecule has 4 rings (SSSR count). The molecule has 0 aliphatic heterocycles. The zero-order chi connectivity index (χ0) is 22.3. The summed E-state index contributed by atoms with van der Waals surface area (Å²) in [4.78, 5) is 25.4. The highest BCUT2D eigenvalue weighted by molar-refractivity contribution is 5.77. The number of hydrogen-bond acceptors (Lipinski definition) is 5. The summed E-state index contributed by atoms with van der Waals surface area (Å²) in [5.74, 6) is 0.596. The molecule has 7 heteroatoms. The minimum atomic E-state index is -0.321. The van der Waals surface area contributed by atoms with Crippen LogP contribution in [-0.2, 0) is 11.3 Å². The first-order valence-electron chi connectivity index (χ1n) is 10.6. The molecule has 7 nitrogen and oxygen atoms in total. The zero-order valence-electron chi connectivity index (χ0n) is 17.8. The van der Waals surface area contributed by atoms with Crippen LogP contribution in [0.4, 0.5) is 0 Å². The molecule has 3 aromatic carbocycles. The minimum Gasteiger partial charge on any atom is -0.494 e. The van der Waals surface area contributed by atoms with Gasteiger partial charge < -0.3 is 10.1 Å². The second kappa shape index (κ2) is 9.87. The van der Waals surface area contributed by atoms with Crippen LogP contribution >= 0.6 is 0 Å². The predicted molar refractivity (Wildman–Crippen MR) is 122 cm³/mol. The van der Waals surface area contributed by atoms with Gasteiger partial charge in [-0.2, -0.15) is 0 Å². The lowest BCUT2D eigenvalue weighted by molar-refractivity contribution is -0.121. The van der Waals surface area contributed by atoms with Gasteiger partial charge in [0.2, 0.25) is 5.91 Å². The average Bonchev–Trinajstić information content (AvgIpc) is 2.84. The molecule has 0 bridgehead atoms. The van der Waals surface area contributed by atoms with Crippen molar-refractivity contribution >= 4 is 16.8 Å². The first-order valence-corrected chi connectivity index (χ1v) is 10.6. The first kappa shape index (κ1) is 21.2. The molecular formula is C25H24N4O3. The molecule has 1 amide bonds. The Labute approximate surface area is 185 Å². The predicted octanol–water partition coefficient (Wildman–Crippen LogP) is 3.49. The Morgan fingerprint density at radius 2 is 1.66 bits per heavy atom. The molecule has 1 aromatic heterocycles. The van der Waals surface area contributed by atoms with Crippen LogP contribution in [-0.4, -0.2) is 27.5 Å². The topological polar surface area (TPSA) is 86.1 Å². The molecule has 1 N–H and O–H groups in total. The number of nitrogens with zero attached hydrogens (tertiary/aromatic N) is 3. The van der Waals surface area contributed by atoms with Gasteiger partial charge in [-0.3, -0.25) is 9.59 Å². The highest BCUT2D eigenvalue weighted by Gasteiger charge is 2.17. The van der Waals surface area contributed by atoms with Crippen LogP contribution in [0.1, 0.15) is 30.5 Å². The number of amides is 1. The largest absolute Gasteiger partial charge is 0.494 e. The van der Waals surface area contributed by atoms with Crippen molar-refractivity contribution in [3.8, 4) is 5.75 Å². The Kier molecular flexibility index (Phi) is 6.55. The fraction of sp³-hybridized carbons (Fsp3) is 0.200. The average molecular weight is 428 g/mol. The summed E-state index contributed by atoms with van der Waals surface area (Å²) in [6.07, 6.45) is 0.104. The van der Waals surface area contributed by atoms with E-state index in [2.05, 4.69) is 15.6 Å². The van der Waals surface area contributed by atoms with E-state index < -0.39 is 0 Å². The molecule has 1 heterocycles. The first-order chi connectivity index (χ1) is 15.7. The van der Waals surface area contributed by atoms with E-state index in [1.807, 2.05) is 61.5 Å². The minimum absolute atomic E-state index is 0.104. The van der Waals surface area contributed by atoms with Gasteiger partial charge in [-0.1, -0.05) is 59.8 Å². The number of carbonyl (C=O) groups excluding carboxylic acids is 1. The van der Waals surface area contributed by atoms with Crippen LogP contribution in [0.2, 0.25) is 0 Å². The summed E-state index contributed by atoms with van der Waals surface area (Å²) in [7, 11) is 0. The monoisotopic (exact) mass is 428 g/mol. The second-order valence-electron chi connectivity index (χ2n) is 7.30. The Hall–Kier alpha value is -4.00. The smallest absolute Gasteiger partial charge is 0.277 e. The van der Waals surface area contributed by atoms with E-state index in [1.54, 1.807) is 24.3 Å². The number of benzene rings is 3. The number of nitrogens with one attached hydrogen (secondary N) is 1. The highest BCUT2D eigenvalue weighted by atomic mass is 16.5. The fourth-order valence-corrected chi connectivity index (χ4v) is 3.54. The van der Waals surface area contributed by atoms with Crippen LogP contribution in [0.15, 0.2) is 83.7 Å². The molecular weight excluding hydrogens is 404 g/mol. The van der Waals surface area contributed by atoms with E-state index >= 15 is 0 Å². The van der Waals surface area contributed by atoms with Crippen LogP contribution in [0.25, 0.3) is 10.9 Å². The lowest BCUT2D eigenvalue weighted by Gasteiger charge is -2.20. The number of rotatable bonds is 8. The third-order valence-corrected chi connectivity index (χ3v) is 5.14. The number of fused-ring (bicyclic) bond motifs is 1. The van der Waals surface area contributed by atoms with Crippen LogP contribution in [0.5, 0.6) is 5.75 Å². The van der Waals surface area contributed by atoms with Gasteiger partial charge >= 0.3 is 0 Å². The standard InChI is InChI=1S/C25H24N4O3/c1-2-32-20-14-12-19(13-15-20)24(18-8-4-3-5-9-18)26-23(30)16-17-29-25(31)21-10-6-7-11-22(21)27-28-29/h3-15,24H,2,16-17H2,1H3,(H,26,30)/t24-/m1/s1. The maximum Gasteiger partial charge on any atom is 0.277 e. The van der Waals surface area contributed by atoms with E-state index in [-0.39, 0.29) is 30.5 Å². The van der Waals surface area contributed by atoms with Crippen molar-refractivity contribution in [2.45, 2.75) is 25.9 Å². The normalized spacial score (nSPS) is 11.8. The number of hydrogen-bond donors (Lipinski definition) is 1. The molecule has 0 spiro atoms. The van der Waals surface area contributed by atoms with Gasteiger partial charge in [-0.05, 0) is 42.3 Å². The van der Waals surface area contributed by atoms with Gasteiger partial charge in [-0.25, -0.2) is 4.68 Å². The molecule has 0 saturated heterocycles. The van der Waals surface area contributed by atoms with E-state index in [0.29, 0.717) is 17.5 Å². The zero-order valence-corrected chi connectivity index (χ0v) is 17.8. The summed E-state index contributed by atoms with van der Waals surface area (Å²) in [6, 6.07) is 24.2. The van der Waals surface area contributed by atoms with Gasteiger partial charge in [0.25, 0.3) is 5.56 Å². The second-order valence-corrected chi connectivity index (χ2v) is 7.30. The summed E-state index contributed by atoms with van der Waals surface area (Å²) >= 11 is 0. The van der Waals surface area contributed by atoms with Crippen LogP contribution < -0.4 is 15.6 Å². The van der Waals surface area contributed by atoms with Gasteiger partial charge in [0.1, 0.15) is 11.3 Å². The molecule has 1 atom stereocenters. The molecule has 4 aromatic rings. The summed E-state index contributed by atoms with van der Waals surface area (Å²) in [5.41, 5.74) is 2.19. The third kappa shape index (κ3) is 4.83. The Bertz CT molecular complexity index is 1250. The van der Waals surface area contributed by atoms with Crippen molar-refractivity contribution in [1.82, 2.24) is 20.3 Å². The summed E-state index contributed by atoms with van der Waals surface area (Å²) < 4.78 is 6.76.